The van der Waals surface area contributed by atoms with Gasteiger partial charge >= 0.3 is 5.97 Å². The predicted molar refractivity (Wildman–Crippen MR) is 134 cm³/mol. The first-order chi connectivity index (χ1) is 16.6. The van der Waals surface area contributed by atoms with Crippen molar-refractivity contribution in [3.8, 4) is 0 Å². The Bertz CT molecular complexity index is 940. The van der Waals surface area contributed by atoms with E-state index in [1.807, 2.05) is 54.3 Å². The molecule has 2 aromatic rings. The van der Waals surface area contributed by atoms with Crippen LogP contribution in [-0.4, -0.2) is 41.1 Å². The quantitative estimate of drug-likeness (QED) is 0.246. The summed E-state index contributed by atoms with van der Waals surface area (Å²) in [6.07, 6.45) is 9.43. The number of amides is 1. The summed E-state index contributed by atoms with van der Waals surface area (Å²) >= 11 is 0. The number of nitrogens with zero attached hydrogens (tertiary/aromatic N) is 1. The van der Waals surface area contributed by atoms with Gasteiger partial charge in [0.05, 0.1) is 18.8 Å². The molecule has 1 heterocycles. The molecule has 1 unspecified atom stereocenters. The fourth-order valence-corrected chi connectivity index (χ4v) is 4.45. The number of aliphatic hydroxyl groups excluding tert-OH is 1. The average Bonchev–Trinajstić information content (AvgIpc) is 3.20. The van der Waals surface area contributed by atoms with Crippen LogP contribution in [0.4, 0.5) is 0 Å². The van der Waals surface area contributed by atoms with Crippen molar-refractivity contribution < 1.29 is 19.4 Å². The molecule has 182 valence electrons. The van der Waals surface area contributed by atoms with Crippen molar-refractivity contribution in [1.82, 2.24) is 4.90 Å². The highest BCUT2D eigenvalue weighted by Crippen LogP contribution is 2.23. The Balaban J connectivity index is 1.47. The Hall–Kier alpha value is -2.92. The van der Waals surface area contributed by atoms with Crippen LogP contribution in [0, 0.1) is 0 Å². The summed E-state index contributed by atoms with van der Waals surface area (Å²) in [6.45, 7) is 2.96. The number of carbonyl (C=O) groups is 2. The highest BCUT2D eigenvalue weighted by atomic mass is 16.5. The molecule has 34 heavy (non-hydrogen) atoms. The van der Waals surface area contributed by atoms with Gasteiger partial charge in [-0.15, -0.1) is 0 Å². The number of benzene rings is 2. The fraction of sp³-hybridized carbons (Fsp3) is 0.448. The fourth-order valence-electron chi connectivity index (χ4n) is 4.45. The van der Waals surface area contributed by atoms with E-state index in [9.17, 15) is 14.7 Å². The zero-order valence-electron chi connectivity index (χ0n) is 20.2. The number of carbonyl (C=O) groups excluding carboxylic acids is 2. The lowest BCUT2D eigenvalue weighted by Crippen LogP contribution is -2.32. The summed E-state index contributed by atoms with van der Waals surface area (Å²) in [7, 11) is 0. The van der Waals surface area contributed by atoms with E-state index in [1.54, 1.807) is 0 Å². The van der Waals surface area contributed by atoms with Gasteiger partial charge in [-0.05, 0) is 49.3 Å². The first kappa shape index (κ1) is 25.7. The first-order valence-electron chi connectivity index (χ1n) is 12.5. The van der Waals surface area contributed by atoms with E-state index >= 15 is 0 Å². The van der Waals surface area contributed by atoms with Gasteiger partial charge in [0.1, 0.15) is 0 Å². The van der Waals surface area contributed by atoms with Crippen LogP contribution in [-0.2, 0) is 20.7 Å². The maximum atomic E-state index is 12.4. The highest BCUT2D eigenvalue weighted by molar-refractivity contribution is 5.79. The average molecular weight is 464 g/mol. The maximum absolute atomic E-state index is 12.4. The predicted octanol–water partition coefficient (Wildman–Crippen LogP) is 5.37. The summed E-state index contributed by atoms with van der Waals surface area (Å²) in [5, 5.41) is 10.8. The molecule has 0 bridgehead atoms. The van der Waals surface area contributed by atoms with Gasteiger partial charge in [-0.3, -0.25) is 9.59 Å². The van der Waals surface area contributed by atoms with Crippen LogP contribution >= 0.6 is 0 Å². The van der Waals surface area contributed by atoms with Crippen molar-refractivity contribution in [2.45, 2.75) is 70.4 Å². The van der Waals surface area contributed by atoms with Gasteiger partial charge in [-0.2, -0.15) is 0 Å². The highest BCUT2D eigenvalue weighted by Gasteiger charge is 2.28. The molecule has 0 aliphatic carbocycles. The molecule has 2 atom stereocenters. The lowest BCUT2D eigenvalue weighted by molar-refractivity contribution is -0.143. The molecule has 5 nitrogen and oxygen atoms in total. The Kier molecular flexibility index (Phi) is 10.4. The Morgan fingerprint density at radius 3 is 2.65 bits per heavy atom. The number of hydrogen-bond acceptors (Lipinski definition) is 4. The van der Waals surface area contributed by atoms with Crippen LogP contribution in [0.2, 0.25) is 0 Å². The van der Waals surface area contributed by atoms with E-state index in [2.05, 4.69) is 24.3 Å². The largest absolute Gasteiger partial charge is 0.466 e. The van der Waals surface area contributed by atoms with Crippen molar-refractivity contribution in [2.24, 2.45) is 0 Å². The van der Waals surface area contributed by atoms with Crippen molar-refractivity contribution in [3.63, 3.8) is 0 Å². The molecule has 5 heteroatoms. The molecule has 1 N–H and O–H groups in total. The van der Waals surface area contributed by atoms with E-state index in [0.29, 0.717) is 19.4 Å². The smallest absolute Gasteiger partial charge is 0.305 e. The summed E-state index contributed by atoms with van der Waals surface area (Å²) in [5.74, 6) is 0.0482. The molecule has 1 saturated heterocycles. The molecule has 0 spiro atoms. The van der Waals surface area contributed by atoms with E-state index in [1.165, 1.54) is 5.56 Å². The second-order valence-corrected chi connectivity index (χ2v) is 8.90. The van der Waals surface area contributed by atoms with Crippen molar-refractivity contribution in [2.75, 3.05) is 13.2 Å². The Morgan fingerprint density at radius 2 is 1.85 bits per heavy atom. The summed E-state index contributed by atoms with van der Waals surface area (Å²) in [5.41, 5.74) is 3.27. The summed E-state index contributed by atoms with van der Waals surface area (Å²) < 4.78 is 4.95. The van der Waals surface area contributed by atoms with Crippen molar-refractivity contribution in [3.05, 3.63) is 83.4 Å². The minimum atomic E-state index is -0.698. The van der Waals surface area contributed by atoms with Gasteiger partial charge in [-0.1, -0.05) is 79.6 Å². The number of unbranched alkanes of at least 4 members (excludes halogenated alkanes) is 3. The van der Waals surface area contributed by atoms with E-state index in [-0.39, 0.29) is 17.9 Å². The number of likely N-dealkylation sites (tertiary alicyclic amines) is 1. The number of aliphatic hydroxyl groups is 1. The van der Waals surface area contributed by atoms with Gasteiger partial charge in [-0.25, -0.2) is 0 Å². The van der Waals surface area contributed by atoms with Crippen LogP contribution < -0.4 is 0 Å². The second-order valence-electron chi connectivity index (χ2n) is 8.90. The minimum absolute atomic E-state index is 0.0363. The van der Waals surface area contributed by atoms with Crippen LogP contribution in [0.15, 0.2) is 66.7 Å². The van der Waals surface area contributed by atoms with Crippen molar-refractivity contribution >= 4 is 11.9 Å². The van der Waals surface area contributed by atoms with Gasteiger partial charge in [0.15, 0.2) is 0 Å². The normalized spacial score (nSPS) is 16.8. The molecule has 0 radical (unpaired) electrons. The third-order valence-electron chi connectivity index (χ3n) is 6.27. The van der Waals surface area contributed by atoms with Crippen LogP contribution in [0.5, 0.6) is 0 Å². The molecular formula is C29H37NO4. The lowest BCUT2D eigenvalue weighted by atomic mass is 10.00. The molecule has 1 fully saturated rings. The molecule has 0 aromatic heterocycles. The zero-order valence-corrected chi connectivity index (χ0v) is 20.2. The van der Waals surface area contributed by atoms with Gasteiger partial charge in [0.25, 0.3) is 0 Å². The Labute approximate surface area is 203 Å². The first-order valence-corrected chi connectivity index (χ1v) is 12.5. The van der Waals surface area contributed by atoms with Gasteiger partial charge in [0, 0.05) is 19.4 Å². The number of esters is 1. The van der Waals surface area contributed by atoms with Crippen LogP contribution in [0.25, 0.3) is 0 Å². The molecule has 1 amide bonds. The standard InChI is InChI=1S/C29H37NO4/c1-2-34-29(33)15-8-3-4-9-20-30-26(17-19-28(30)32)16-18-27(31)25-14-10-13-24(22-25)21-23-11-6-5-7-12-23/h5-7,10-14,16,18,22,26-27,31H,2-4,8-9,15,17,19-21H2,1H3/b18-16+/t26?,27-/m1/s1. The minimum Gasteiger partial charge on any atom is -0.466 e. The lowest BCUT2D eigenvalue weighted by Gasteiger charge is -2.22. The van der Waals surface area contributed by atoms with Crippen LogP contribution in [0.1, 0.15) is 74.7 Å². The molecule has 1 aliphatic heterocycles. The molecule has 3 rings (SSSR count). The number of ether oxygens (including phenoxy) is 1. The summed E-state index contributed by atoms with van der Waals surface area (Å²) in [6, 6.07) is 18.4. The van der Waals surface area contributed by atoms with E-state index < -0.39 is 6.10 Å². The molecule has 2 aromatic carbocycles. The van der Waals surface area contributed by atoms with Gasteiger partial charge < -0.3 is 14.7 Å². The van der Waals surface area contributed by atoms with Gasteiger partial charge in [0.2, 0.25) is 5.91 Å². The molecule has 0 saturated carbocycles. The second kappa shape index (κ2) is 13.7. The molecular weight excluding hydrogens is 426 g/mol. The Morgan fingerprint density at radius 1 is 1.09 bits per heavy atom. The third kappa shape index (κ3) is 8.14. The topological polar surface area (TPSA) is 66.8 Å². The number of hydrogen-bond donors (Lipinski definition) is 1. The van der Waals surface area contributed by atoms with E-state index in [4.69, 9.17) is 4.74 Å². The van der Waals surface area contributed by atoms with Crippen molar-refractivity contribution in [1.29, 1.82) is 0 Å². The maximum Gasteiger partial charge on any atom is 0.305 e. The monoisotopic (exact) mass is 463 g/mol. The van der Waals surface area contributed by atoms with Crippen LogP contribution in [0.3, 0.4) is 0 Å². The third-order valence-corrected chi connectivity index (χ3v) is 6.27. The summed E-state index contributed by atoms with van der Waals surface area (Å²) in [4.78, 5) is 25.7. The SMILES string of the molecule is CCOC(=O)CCCCCCN1C(=O)CCC1/C=C/[C@@H](O)c1cccc(Cc2ccccc2)c1. The number of rotatable bonds is 13. The molecule has 1 aliphatic rings. The van der Waals surface area contributed by atoms with E-state index in [0.717, 1.165) is 56.2 Å². The zero-order chi connectivity index (χ0) is 24.2.